The van der Waals surface area contributed by atoms with Gasteiger partial charge in [-0.3, -0.25) is 0 Å². The first-order valence-electron chi connectivity index (χ1n) is 9.03. The number of aliphatic hydroxyl groups is 4. The molecule has 28 heavy (non-hydrogen) atoms. The second-order valence-electron chi connectivity index (χ2n) is 6.96. The Morgan fingerprint density at radius 2 is 1.75 bits per heavy atom. The van der Waals surface area contributed by atoms with E-state index in [4.69, 9.17) is 14.2 Å². The van der Waals surface area contributed by atoms with Crippen molar-refractivity contribution in [3.63, 3.8) is 0 Å². The van der Waals surface area contributed by atoms with Crippen molar-refractivity contribution in [3.05, 3.63) is 45.1 Å². The van der Waals surface area contributed by atoms with E-state index >= 15 is 0 Å². The van der Waals surface area contributed by atoms with Crippen LogP contribution in [-0.2, 0) is 11.2 Å². The van der Waals surface area contributed by atoms with E-state index in [1.54, 1.807) is 13.2 Å². The van der Waals surface area contributed by atoms with Gasteiger partial charge in [0.15, 0.2) is 0 Å². The molecule has 1 aromatic carbocycles. The van der Waals surface area contributed by atoms with E-state index in [0.29, 0.717) is 12.2 Å². The van der Waals surface area contributed by atoms with Crippen molar-refractivity contribution in [3.8, 4) is 11.5 Å². The fourth-order valence-electron chi connectivity index (χ4n) is 3.50. The van der Waals surface area contributed by atoms with Gasteiger partial charge in [0, 0.05) is 6.42 Å². The molecule has 5 atom stereocenters. The van der Waals surface area contributed by atoms with Gasteiger partial charge in [0.25, 0.3) is 0 Å². The van der Waals surface area contributed by atoms with E-state index in [1.165, 1.54) is 11.3 Å². The summed E-state index contributed by atoms with van der Waals surface area (Å²) < 4.78 is 16.6. The first-order valence-corrected chi connectivity index (χ1v) is 9.91. The lowest BCUT2D eigenvalue weighted by molar-refractivity contribution is -0.277. The monoisotopic (exact) mass is 410 g/mol. The predicted octanol–water partition coefficient (Wildman–Crippen LogP) is 1.14. The summed E-state index contributed by atoms with van der Waals surface area (Å²) in [5.41, 5.74) is 3.19. The third-order valence-corrected chi connectivity index (χ3v) is 5.79. The standard InChI is InChI=1S/C20H26O7S/c1-10-6-12(7-11(2)19(10)25-3)8-15-13(4-5-28-15)26-20-18(24)17(23)16(22)14(9-21)27-20/h4-7,14,16-18,20-24H,8-9H2,1-3H3. The van der Waals surface area contributed by atoms with Crippen molar-refractivity contribution >= 4 is 11.3 Å². The normalized spacial score (nSPS) is 27.6. The molecule has 1 aliphatic rings. The zero-order chi connectivity index (χ0) is 20.4. The fraction of sp³-hybridized carbons (Fsp3) is 0.500. The van der Waals surface area contributed by atoms with E-state index in [9.17, 15) is 20.4 Å². The van der Waals surface area contributed by atoms with Gasteiger partial charge in [-0.25, -0.2) is 0 Å². The summed E-state index contributed by atoms with van der Waals surface area (Å²) in [6.07, 6.45) is -5.88. The van der Waals surface area contributed by atoms with Crippen LogP contribution in [0.4, 0.5) is 0 Å². The van der Waals surface area contributed by atoms with Crippen molar-refractivity contribution in [1.82, 2.24) is 0 Å². The van der Waals surface area contributed by atoms with E-state index in [-0.39, 0.29) is 0 Å². The minimum absolute atomic E-state index is 0.494. The second-order valence-corrected chi connectivity index (χ2v) is 7.96. The summed E-state index contributed by atoms with van der Waals surface area (Å²) in [4.78, 5) is 0.931. The highest BCUT2D eigenvalue weighted by atomic mass is 32.1. The molecule has 154 valence electrons. The van der Waals surface area contributed by atoms with Crippen LogP contribution in [0.1, 0.15) is 21.6 Å². The highest BCUT2D eigenvalue weighted by Gasteiger charge is 2.44. The quantitative estimate of drug-likeness (QED) is 0.566. The Morgan fingerprint density at radius 3 is 2.36 bits per heavy atom. The number of aryl methyl sites for hydroxylation is 2. The topological polar surface area (TPSA) is 109 Å². The van der Waals surface area contributed by atoms with Crippen LogP contribution in [0.5, 0.6) is 11.5 Å². The Bertz CT molecular complexity index is 781. The molecule has 3 rings (SSSR count). The molecule has 0 saturated carbocycles. The van der Waals surface area contributed by atoms with Gasteiger partial charge in [-0.05, 0) is 42.0 Å². The molecular weight excluding hydrogens is 384 g/mol. The van der Waals surface area contributed by atoms with Crippen LogP contribution in [0.3, 0.4) is 0 Å². The minimum Gasteiger partial charge on any atom is -0.496 e. The molecule has 1 aliphatic heterocycles. The highest BCUT2D eigenvalue weighted by molar-refractivity contribution is 7.10. The molecule has 0 amide bonds. The van der Waals surface area contributed by atoms with Crippen LogP contribution in [0.2, 0.25) is 0 Å². The molecular formula is C20H26O7S. The molecule has 2 aromatic rings. The highest BCUT2D eigenvalue weighted by Crippen LogP contribution is 2.33. The van der Waals surface area contributed by atoms with E-state index in [0.717, 1.165) is 27.3 Å². The van der Waals surface area contributed by atoms with Gasteiger partial charge in [0.2, 0.25) is 6.29 Å². The summed E-state index contributed by atoms with van der Waals surface area (Å²) >= 11 is 1.51. The maximum atomic E-state index is 10.2. The summed E-state index contributed by atoms with van der Waals surface area (Å²) in [5, 5.41) is 41.2. The molecule has 1 fully saturated rings. The molecule has 7 nitrogen and oxygen atoms in total. The lowest BCUT2D eigenvalue weighted by atomic mass is 9.99. The molecule has 0 bridgehead atoms. The summed E-state index contributed by atoms with van der Waals surface area (Å²) in [6, 6.07) is 5.89. The van der Waals surface area contributed by atoms with Gasteiger partial charge < -0.3 is 34.6 Å². The molecule has 0 spiro atoms. The summed E-state index contributed by atoms with van der Waals surface area (Å²) in [7, 11) is 1.65. The smallest absolute Gasteiger partial charge is 0.229 e. The van der Waals surface area contributed by atoms with Gasteiger partial charge in [0.1, 0.15) is 35.9 Å². The van der Waals surface area contributed by atoms with Crippen molar-refractivity contribution in [2.24, 2.45) is 0 Å². The van der Waals surface area contributed by atoms with Gasteiger partial charge in [0.05, 0.1) is 18.6 Å². The lowest BCUT2D eigenvalue weighted by Gasteiger charge is -2.39. The van der Waals surface area contributed by atoms with E-state index < -0.39 is 37.3 Å². The van der Waals surface area contributed by atoms with Crippen LogP contribution in [0.15, 0.2) is 23.6 Å². The third-order valence-electron chi connectivity index (χ3n) is 4.89. The van der Waals surface area contributed by atoms with Crippen LogP contribution < -0.4 is 9.47 Å². The van der Waals surface area contributed by atoms with Crippen molar-refractivity contribution in [2.75, 3.05) is 13.7 Å². The van der Waals surface area contributed by atoms with Crippen LogP contribution >= 0.6 is 11.3 Å². The number of thiophene rings is 1. The Balaban J connectivity index is 1.77. The molecule has 8 heteroatoms. The molecule has 1 saturated heterocycles. The fourth-order valence-corrected chi connectivity index (χ4v) is 4.34. The van der Waals surface area contributed by atoms with Crippen molar-refractivity contribution in [1.29, 1.82) is 0 Å². The predicted molar refractivity (Wildman–Crippen MR) is 104 cm³/mol. The zero-order valence-corrected chi connectivity index (χ0v) is 16.8. The largest absolute Gasteiger partial charge is 0.496 e. The maximum Gasteiger partial charge on any atom is 0.229 e. The molecule has 5 unspecified atom stereocenters. The Kier molecular flexibility index (Phi) is 6.59. The number of ether oxygens (including phenoxy) is 3. The molecule has 0 radical (unpaired) electrons. The summed E-state index contributed by atoms with van der Waals surface area (Å²) in [5.74, 6) is 1.40. The number of methoxy groups -OCH3 is 1. The Hall–Kier alpha value is -1.68. The number of rotatable bonds is 6. The van der Waals surface area contributed by atoms with E-state index in [1.807, 2.05) is 19.2 Å². The molecule has 0 aliphatic carbocycles. The average Bonchev–Trinajstić information content (AvgIpc) is 3.08. The third kappa shape index (κ3) is 4.17. The first kappa shape index (κ1) is 21.0. The number of aliphatic hydroxyl groups excluding tert-OH is 4. The van der Waals surface area contributed by atoms with Gasteiger partial charge in [-0.1, -0.05) is 12.1 Å². The van der Waals surface area contributed by atoms with Gasteiger partial charge >= 0.3 is 0 Å². The SMILES string of the molecule is COc1c(C)cc(Cc2sccc2OC2OC(CO)C(O)C(O)C2O)cc1C. The van der Waals surface area contributed by atoms with Crippen LogP contribution in [0, 0.1) is 13.8 Å². The zero-order valence-electron chi connectivity index (χ0n) is 16.0. The molecule has 4 N–H and O–H groups in total. The molecule has 2 heterocycles. The maximum absolute atomic E-state index is 10.2. The van der Waals surface area contributed by atoms with Crippen molar-refractivity contribution < 1.29 is 34.6 Å². The van der Waals surface area contributed by atoms with E-state index in [2.05, 4.69) is 12.1 Å². The first-order chi connectivity index (χ1) is 13.3. The molecule has 1 aromatic heterocycles. The number of hydrogen-bond acceptors (Lipinski definition) is 8. The number of hydrogen-bond donors (Lipinski definition) is 4. The summed E-state index contributed by atoms with van der Waals surface area (Å²) in [6.45, 7) is 3.50. The minimum atomic E-state index is -1.47. The lowest BCUT2D eigenvalue weighted by Crippen LogP contribution is -2.60. The van der Waals surface area contributed by atoms with Gasteiger partial charge in [-0.15, -0.1) is 11.3 Å². The Morgan fingerprint density at radius 1 is 1.07 bits per heavy atom. The second kappa shape index (κ2) is 8.77. The number of benzene rings is 1. The van der Waals surface area contributed by atoms with Gasteiger partial charge in [-0.2, -0.15) is 0 Å². The van der Waals surface area contributed by atoms with Crippen LogP contribution in [-0.4, -0.2) is 64.8 Å². The van der Waals surface area contributed by atoms with Crippen molar-refractivity contribution in [2.45, 2.75) is 51.0 Å². The van der Waals surface area contributed by atoms with Crippen LogP contribution in [0.25, 0.3) is 0 Å². The average molecular weight is 410 g/mol. The Labute approximate surface area is 167 Å².